The van der Waals surface area contributed by atoms with Gasteiger partial charge >= 0.3 is 0 Å². The van der Waals surface area contributed by atoms with Crippen LogP contribution < -0.4 is 4.74 Å². The number of hydrogen-bond donors (Lipinski definition) is 0. The highest BCUT2D eigenvalue weighted by Crippen LogP contribution is 2.40. The molecule has 0 saturated heterocycles. The van der Waals surface area contributed by atoms with Gasteiger partial charge in [-0.15, -0.1) is 0 Å². The molecule has 1 aromatic carbocycles. The predicted molar refractivity (Wildman–Crippen MR) is 60.8 cm³/mol. The SMILES string of the molecule is COc1cccc(F)c1C(C)C(C)(C)C. The average Bonchev–Trinajstić information content (AvgIpc) is 2.15. The minimum Gasteiger partial charge on any atom is -0.496 e. The molecule has 0 aliphatic carbocycles. The second kappa shape index (κ2) is 4.21. The number of hydrogen-bond acceptors (Lipinski definition) is 1. The zero-order valence-corrected chi connectivity index (χ0v) is 10.1. The third kappa shape index (κ3) is 2.49. The second-order valence-electron chi connectivity index (χ2n) is 4.94. The summed E-state index contributed by atoms with van der Waals surface area (Å²) in [7, 11) is 1.58. The normalized spacial score (nSPS) is 13.7. The van der Waals surface area contributed by atoms with Gasteiger partial charge in [-0.05, 0) is 23.5 Å². The highest BCUT2D eigenvalue weighted by Gasteiger charge is 2.26. The van der Waals surface area contributed by atoms with Gasteiger partial charge in [0.1, 0.15) is 11.6 Å². The molecule has 0 aromatic heterocycles. The van der Waals surface area contributed by atoms with Crippen LogP contribution in [0, 0.1) is 11.2 Å². The molecule has 0 aliphatic heterocycles. The van der Waals surface area contributed by atoms with E-state index in [0.29, 0.717) is 11.3 Å². The first kappa shape index (κ1) is 12.0. The van der Waals surface area contributed by atoms with Gasteiger partial charge in [0, 0.05) is 5.56 Å². The molecule has 1 nitrogen and oxygen atoms in total. The van der Waals surface area contributed by atoms with E-state index in [9.17, 15) is 4.39 Å². The zero-order chi connectivity index (χ0) is 11.6. The van der Waals surface area contributed by atoms with Crippen molar-refractivity contribution in [1.29, 1.82) is 0 Å². The van der Waals surface area contributed by atoms with Crippen molar-refractivity contribution in [2.75, 3.05) is 7.11 Å². The van der Waals surface area contributed by atoms with E-state index in [1.807, 2.05) is 6.92 Å². The number of ether oxygens (including phenoxy) is 1. The summed E-state index contributed by atoms with van der Waals surface area (Å²) in [5.74, 6) is 0.572. The van der Waals surface area contributed by atoms with Gasteiger partial charge in [-0.3, -0.25) is 0 Å². The van der Waals surface area contributed by atoms with E-state index >= 15 is 0 Å². The molecule has 0 bridgehead atoms. The number of rotatable bonds is 2. The van der Waals surface area contributed by atoms with Crippen LogP contribution in [0.4, 0.5) is 4.39 Å². The quantitative estimate of drug-likeness (QED) is 0.717. The van der Waals surface area contributed by atoms with Crippen LogP contribution in [0.5, 0.6) is 5.75 Å². The van der Waals surface area contributed by atoms with E-state index in [0.717, 1.165) is 0 Å². The highest BCUT2D eigenvalue weighted by atomic mass is 19.1. The Morgan fingerprint density at radius 1 is 1.27 bits per heavy atom. The Balaban J connectivity index is 3.23. The standard InChI is InChI=1S/C13H19FO/c1-9(13(2,3)4)12-10(14)7-6-8-11(12)15-5/h6-9H,1-5H3. The van der Waals surface area contributed by atoms with Gasteiger partial charge in [0.15, 0.2) is 0 Å². The number of halogens is 1. The lowest BCUT2D eigenvalue weighted by Gasteiger charge is -2.29. The molecule has 15 heavy (non-hydrogen) atoms. The van der Waals surface area contributed by atoms with Crippen LogP contribution in [0.15, 0.2) is 18.2 Å². The largest absolute Gasteiger partial charge is 0.496 e. The Hall–Kier alpha value is -1.05. The molecular weight excluding hydrogens is 191 g/mol. The van der Waals surface area contributed by atoms with E-state index in [2.05, 4.69) is 20.8 Å². The minimum absolute atomic E-state index is 0.0233. The summed E-state index contributed by atoms with van der Waals surface area (Å²) in [6.07, 6.45) is 0. The average molecular weight is 210 g/mol. The fourth-order valence-electron chi connectivity index (χ4n) is 1.55. The van der Waals surface area contributed by atoms with E-state index in [1.165, 1.54) is 6.07 Å². The highest BCUT2D eigenvalue weighted by molar-refractivity contribution is 5.38. The van der Waals surface area contributed by atoms with Crippen LogP contribution >= 0.6 is 0 Å². The molecule has 1 unspecified atom stereocenters. The Morgan fingerprint density at radius 2 is 1.87 bits per heavy atom. The van der Waals surface area contributed by atoms with Crippen LogP contribution in [-0.4, -0.2) is 7.11 Å². The molecule has 0 aliphatic rings. The van der Waals surface area contributed by atoms with Crippen molar-refractivity contribution < 1.29 is 9.13 Å². The molecule has 2 heteroatoms. The van der Waals surface area contributed by atoms with Crippen molar-refractivity contribution in [2.45, 2.75) is 33.6 Å². The van der Waals surface area contributed by atoms with Gasteiger partial charge in [0.2, 0.25) is 0 Å². The molecular formula is C13H19FO. The van der Waals surface area contributed by atoms with Crippen molar-refractivity contribution in [3.05, 3.63) is 29.6 Å². The topological polar surface area (TPSA) is 9.23 Å². The van der Waals surface area contributed by atoms with Gasteiger partial charge in [0.05, 0.1) is 7.11 Å². The van der Waals surface area contributed by atoms with Crippen LogP contribution in [0.1, 0.15) is 39.2 Å². The van der Waals surface area contributed by atoms with Crippen LogP contribution in [0.25, 0.3) is 0 Å². The third-order valence-electron chi connectivity index (χ3n) is 2.96. The lowest BCUT2D eigenvalue weighted by molar-refractivity contribution is 0.316. The summed E-state index contributed by atoms with van der Waals surface area (Å²) in [5.41, 5.74) is 0.697. The first-order valence-electron chi connectivity index (χ1n) is 5.20. The predicted octanol–water partition coefficient (Wildman–Crippen LogP) is 3.98. The van der Waals surface area contributed by atoms with Crippen molar-refractivity contribution in [3.8, 4) is 5.75 Å². The third-order valence-corrected chi connectivity index (χ3v) is 2.96. The molecule has 1 aromatic rings. The molecule has 0 amide bonds. The summed E-state index contributed by atoms with van der Waals surface area (Å²) in [5, 5.41) is 0. The summed E-state index contributed by atoms with van der Waals surface area (Å²) >= 11 is 0. The molecule has 1 rings (SSSR count). The van der Waals surface area contributed by atoms with Crippen molar-refractivity contribution in [1.82, 2.24) is 0 Å². The Kier molecular flexibility index (Phi) is 3.38. The molecule has 0 N–H and O–H groups in total. The monoisotopic (exact) mass is 210 g/mol. The van der Waals surface area contributed by atoms with Crippen LogP contribution in [-0.2, 0) is 0 Å². The fourth-order valence-corrected chi connectivity index (χ4v) is 1.55. The van der Waals surface area contributed by atoms with Gasteiger partial charge < -0.3 is 4.74 Å². The summed E-state index contributed by atoms with van der Waals surface area (Å²) in [6.45, 7) is 8.33. The smallest absolute Gasteiger partial charge is 0.130 e. The van der Waals surface area contributed by atoms with E-state index in [1.54, 1.807) is 19.2 Å². The summed E-state index contributed by atoms with van der Waals surface area (Å²) in [6, 6.07) is 4.97. The molecule has 0 fully saturated rings. The molecule has 0 saturated carbocycles. The Bertz CT molecular complexity index is 339. The maximum absolute atomic E-state index is 13.7. The first-order chi connectivity index (χ1) is 6.88. The summed E-state index contributed by atoms with van der Waals surface area (Å²) < 4.78 is 18.9. The molecule has 1 atom stereocenters. The number of methoxy groups -OCH3 is 1. The van der Waals surface area contributed by atoms with Gasteiger partial charge in [0.25, 0.3) is 0 Å². The lowest BCUT2D eigenvalue weighted by Crippen LogP contribution is -2.17. The molecule has 0 radical (unpaired) electrons. The maximum Gasteiger partial charge on any atom is 0.130 e. The second-order valence-corrected chi connectivity index (χ2v) is 4.94. The Morgan fingerprint density at radius 3 is 2.33 bits per heavy atom. The van der Waals surface area contributed by atoms with Crippen molar-refractivity contribution >= 4 is 0 Å². The molecule has 84 valence electrons. The first-order valence-corrected chi connectivity index (χ1v) is 5.20. The maximum atomic E-state index is 13.7. The summed E-state index contributed by atoms with van der Waals surface area (Å²) in [4.78, 5) is 0. The number of benzene rings is 1. The van der Waals surface area contributed by atoms with E-state index in [4.69, 9.17) is 4.74 Å². The lowest BCUT2D eigenvalue weighted by atomic mass is 9.77. The fraction of sp³-hybridized carbons (Fsp3) is 0.538. The van der Waals surface area contributed by atoms with Gasteiger partial charge in [-0.2, -0.15) is 0 Å². The van der Waals surface area contributed by atoms with E-state index < -0.39 is 0 Å². The van der Waals surface area contributed by atoms with E-state index in [-0.39, 0.29) is 17.2 Å². The van der Waals surface area contributed by atoms with Gasteiger partial charge in [-0.25, -0.2) is 4.39 Å². The molecule has 0 heterocycles. The van der Waals surface area contributed by atoms with Crippen molar-refractivity contribution in [3.63, 3.8) is 0 Å². The molecule has 0 spiro atoms. The Labute approximate surface area is 91.3 Å². The van der Waals surface area contributed by atoms with Gasteiger partial charge in [-0.1, -0.05) is 33.8 Å². The van der Waals surface area contributed by atoms with Crippen LogP contribution in [0.2, 0.25) is 0 Å². The van der Waals surface area contributed by atoms with Crippen molar-refractivity contribution in [2.24, 2.45) is 5.41 Å². The zero-order valence-electron chi connectivity index (χ0n) is 10.1. The van der Waals surface area contributed by atoms with Crippen LogP contribution in [0.3, 0.4) is 0 Å². The minimum atomic E-state index is -0.184.